The fourth-order valence-electron chi connectivity index (χ4n) is 11.5. The zero-order valence-electron chi connectivity index (χ0n) is 53.5. The lowest BCUT2D eigenvalue weighted by Gasteiger charge is -2.18. The van der Waals surface area contributed by atoms with Crippen molar-refractivity contribution in [3.8, 4) is 0 Å². The van der Waals surface area contributed by atoms with Crippen molar-refractivity contribution in [3.63, 3.8) is 0 Å². The molecule has 6 heteroatoms. The van der Waals surface area contributed by atoms with E-state index in [4.69, 9.17) is 14.2 Å². The van der Waals surface area contributed by atoms with Crippen LogP contribution in [-0.2, 0) is 28.6 Å². The molecular weight excluding hydrogens is 961 g/mol. The normalized spacial score (nSPS) is 11.9. The van der Waals surface area contributed by atoms with E-state index in [1.807, 2.05) is 0 Å². The molecule has 0 spiro atoms. The number of unbranched alkanes of at least 4 members (excludes halogenated alkanes) is 57. The minimum atomic E-state index is -0.763. The summed E-state index contributed by atoms with van der Waals surface area (Å²) in [6, 6.07) is 0. The lowest BCUT2D eigenvalue weighted by molar-refractivity contribution is -0.167. The SMILES string of the molecule is CCCCCCCCCCCCCCCCCCCCCCCCCCCCCC(=O)OCC(COC(=O)CCCCCCCCCCCCCCCC)OC(=O)CCCCCCCCCCCCCCCCCCCCC. The molecule has 0 aliphatic heterocycles. The van der Waals surface area contributed by atoms with Crippen molar-refractivity contribution < 1.29 is 28.6 Å². The standard InChI is InChI=1S/C72H140O6/c1-4-7-10-13-16-19-22-25-28-30-32-33-34-35-36-37-38-39-41-42-44-47-50-53-56-59-62-65-71(74)77-68-69(67-76-70(73)64-61-58-55-52-49-46-27-24-21-18-15-12-9-6-3)78-72(75)66-63-60-57-54-51-48-45-43-40-31-29-26-23-20-17-14-11-8-5-2/h69H,4-68H2,1-3H3. The first-order chi connectivity index (χ1) is 38.5. The average Bonchev–Trinajstić information content (AvgIpc) is 3.44. The van der Waals surface area contributed by atoms with Gasteiger partial charge >= 0.3 is 17.9 Å². The van der Waals surface area contributed by atoms with Gasteiger partial charge < -0.3 is 14.2 Å². The third-order valence-electron chi connectivity index (χ3n) is 16.9. The number of rotatable bonds is 68. The Morgan fingerprint density at radius 3 is 0.513 bits per heavy atom. The smallest absolute Gasteiger partial charge is 0.306 e. The summed E-state index contributed by atoms with van der Waals surface area (Å²) >= 11 is 0. The highest BCUT2D eigenvalue weighted by Crippen LogP contribution is 2.20. The van der Waals surface area contributed by atoms with Crippen LogP contribution in [0.2, 0.25) is 0 Å². The van der Waals surface area contributed by atoms with Crippen molar-refractivity contribution >= 4 is 17.9 Å². The molecule has 78 heavy (non-hydrogen) atoms. The van der Waals surface area contributed by atoms with Crippen LogP contribution in [0.3, 0.4) is 0 Å². The summed E-state index contributed by atoms with van der Waals surface area (Å²) in [5.74, 6) is -0.819. The Morgan fingerprint density at radius 2 is 0.346 bits per heavy atom. The molecule has 0 fully saturated rings. The number of carbonyl (C=O) groups is 3. The highest BCUT2D eigenvalue weighted by Gasteiger charge is 2.20. The summed E-state index contributed by atoms with van der Waals surface area (Å²) in [4.78, 5) is 38.4. The predicted octanol–water partition coefficient (Wildman–Crippen LogP) is 24.6. The first-order valence-electron chi connectivity index (χ1n) is 36.0. The molecular formula is C72H140O6. The molecule has 0 aromatic carbocycles. The molecule has 0 aromatic heterocycles. The zero-order valence-corrected chi connectivity index (χ0v) is 53.5. The highest BCUT2D eigenvalue weighted by atomic mass is 16.6. The summed E-state index contributed by atoms with van der Waals surface area (Å²) in [6.07, 6.45) is 80.0. The van der Waals surface area contributed by atoms with E-state index in [2.05, 4.69) is 20.8 Å². The van der Waals surface area contributed by atoms with E-state index < -0.39 is 6.10 Å². The molecule has 0 heterocycles. The Labute approximate surface area is 488 Å². The second-order valence-corrected chi connectivity index (χ2v) is 24.9. The number of hydrogen-bond donors (Lipinski definition) is 0. The number of ether oxygens (including phenoxy) is 3. The second kappa shape index (κ2) is 67.9. The van der Waals surface area contributed by atoms with Crippen LogP contribution < -0.4 is 0 Å². The molecule has 464 valence electrons. The molecule has 0 aliphatic carbocycles. The van der Waals surface area contributed by atoms with Gasteiger partial charge in [-0.3, -0.25) is 14.4 Å². The van der Waals surface area contributed by atoms with Gasteiger partial charge in [0.2, 0.25) is 0 Å². The van der Waals surface area contributed by atoms with Crippen molar-refractivity contribution in [2.24, 2.45) is 0 Å². The Bertz CT molecular complexity index is 1170. The van der Waals surface area contributed by atoms with E-state index in [0.717, 1.165) is 57.8 Å². The van der Waals surface area contributed by atoms with Crippen LogP contribution in [0, 0.1) is 0 Å². The predicted molar refractivity (Wildman–Crippen MR) is 340 cm³/mol. The maximum Gasteiger partial charge on any atom is 0.306 e. The van der Waals surface area contributed by atoms with Crippen molar-refractivity contribution in [3.05, 3.63) is 0 Å². The summed E-state index contributed by atoms with van der Waals surface area (Å²) in [7, 11) is 0. The first-order valence-corrected chi connectivity index (χ1v) is 36.0. The van der Waals surface area contributed by atoms with Gasteiger partial charge in [-0.05, 0) is 19.3 Å². The number of carbonyl (C=O) groups excluding carboxylic acids is 3. The van der Waals surface area contributed by atoms with Gasteiger partial charge in [-0.2, -0.15) is 0 Å². The van der Waals surface area contributed by atoms with Crippen molar-refractivity contribution in [2.75, 3.05) is 13.2 Å². The van der Waals surface area contributed by atoms with E-state index in [-0.39, 0.29) is 31.1 Å². The quantitative estimate of drug-likeness (QED) is 0.0343. The van der Waals surface area contributed by atoms with E-state index in [0.29, 0.717) is 19.3 Å². The lowest BCUT2D eigenvalue weighted by atomic mass is 10.0. The monoisotopic (exact) mass is 1100 g/mol. The third kappa shape index (κ3) is 65.2. The van der Waals surface area contributed by atoms with Gasteiger partial charge in [0.05, 0.1) is 0 Å². The lowest BCUT2D eigenvalue weighted by Crippen LogP contribution is -2.30. The summed E-state index contributed by atoms with van der Waals surface area (Å²) in [5.41, 5.74) is 0. The van der Waals surface area contributed by atoms with Crippen LogP contribution in [0.4, 0.5) is 0 Å². The minimum Gasteiger partial charge on any atom is -0.462 e. The first kappa shape index (κ1) is 76.4. The van der Waals surface area contributed by atoms with E-state index >= 15 is 0 Å². The molecule has 0 N–H and O–H groups in total. The van der Waals surface area contributed by atoms with Crippen molar-refractivity contribution in [1.82, 2.24) is 0 Å². The molecule has 0 radical (unpaired) electrons. The maximum atomic E-state index is 12.9. The molecule has 6 nitrogen and oxygen atoms in total. The van der Waals surface area contributed by atoms with Crippen molar-refractivity contribution in [2.45, 2.75) is 431 Å². The highest BCUT2D eigenvalue weighted by molar-refractivity contribution is 5.71. The van der Waals surface area contributed by atoms with Crippen LogP contribution in [0.5, 0.6) is 0 Å². The largest absolute Gasteiger partial charge is 0.462 e. The van der Waals surface area contributed by atoms with E-state index in [9.17, 15) is 14.4 Å². The summed E-state index contributed by atoms with van der Waals surface area (Å²) in [5, 5.41) is 0. The van der Waals surface area contributed by atoms with Gasteiger partial charge in [-0.1, -0.05) is 387 Å². The van der Waals surface area contributed by atoms with Gasteiger partial charge in [-0.25, -0.2) is 0 Å². The Morgan fingerprint density at radius 1 is 0.205 bits per heavy atom. The van der Waals surface area contributed by atoms with E-state index in [1.54, 1.807) is 0 Å². The van der Waals surface area contributed by atoms with Crippen molar-refractivity contribution in [1.29, 1.82) is 0 Å². The molecule has 0 aliphatic rings. The van der Waals surface area contributed by atoms with Crippen LogP contribution >= 0.6 is 0 Å². The van der Waals surface area contributed by atoms with Gasteiger partial charge in [0.15, 0.2) is 6.10 Å². The molecule has 0 saturated heterocycles. The minimum absolute atomic E-state index is 0.0601. The van der Waals surface area contributed by atoms with Gasteiger partial charge in [0.1, 0.15) is 13.2 Å². The Balaban J connectivity index is 4.17. The topological polar surface area (TPSA) is 78.9 Å². The molecule has 0 saturated carbocycles. The zero-order chi connectivity index (χ0) is 56.4. The second-order valence-electron chi connectivity index (χ2n) is 24.9. The van der Waals surface area contributed by atoms with Crippen LogP contribution in [-0.4, -0.2) is 37.2 Å². The van der Waals surface area contributed by atoms with Crippen LogP contribution in [0.15, 0.2) is 0 Å². The number of hydrogen-bond acceptors (Lipinski definition) is 6. The average molecular weight is 1100 g/mol. The van der Waals surface area contributed by atoms with E-state index in [1.165, 1.54) is 327 Å². The molecule has 1 atom stereocenters. The fourth-order valence-corrected chi connectivity index (χ4v) is 11.5. The maximum absolute atomic E-state index is 12.9. The molecule has 0 amide bonds. The van der Waals surface area contributed by atoms with Gasteiger partial charge in [-0.15, -0.1) is 0 Å². The van der Waals surface area contributed by atoms with Gasteiger partial charge in [0.25, 0.3) is 0 Å². The summed E-state index contributed by atoms with van der Waals surface area (Å²) < 4.78 is 17.0. The molecule has 0 aromatic rings. The molecule has 1 unspecified atom stereocenters. The van der Waals surface area contributed by atoms with Crippen LogP contribution in [0.25, 0.3) is 0 Å². The Kier molecular flexibility index (Phi) is 66.5. The summed E-state index contributed by atoms with van der Waals surface area (Å²) in [6.45, 7) is 6.75. The van der Waals surface area contributed by atoms with Gasteiger partial charge in [0, 0.05) is 19.3 Å². The molecule has 0 rings (SSSR count). The number of esters is 3. The Hall–Kier alpha value is -1.59. The third-order valence-corrected chi connectivity index (χ3v) is 16.9. The molecule has 0 bridgehead atoms. The fraction of sp³-hybridized carbons (Fsp3) is 0.958. The van der Waals surface area contributed by atoms with Crippen LogP contribution in [0.1, 0.15) is 425 Å².